The molecule has 1 aliphatic rings. The number of carbonyl (C=O) groups excluding carboxylic acids is 2. The first-order valence-corrected chi connectivity index (χ1v) is 6.78. The average molecular weight is 284 g/mol. The quantitative estimate of drug-likeness (QED) is 0.842. The molecule has 1 aromatic heterocycles. The van der Waals surface area contributed by atoms with Crippen LogP contribution in [-0.2, 0) is 9.59 Å². The van der Waals surface area contributed by atoms with Gasteiger partial charge < -0.3 is 5.32 Å². The molecule has 0 bridgehead atoms. The number of aromatic nitrogens is 2. The van der Waals surface area contributed by atoms with Crippen molar-refractivity contribution in [2.75, 3.05) is 10.2 Å². The zero-order valence-electron chi connectivity index (χ0n) is 11.9. The second-order valence-corrected chi connectivity index (χ2v) is 5.11. The van der Waals surface area contributed by atoms with Crippen LogP contribution in [0.5, 0.6) is 0 Å². The van der Waals surface area contributed by atoms with E-state index in [1.54, 1.807) is 24.3 Å². The van der Waals surface area contributed by atoms with Crippen LogP contribution in [0.4, 0.5) is 11.4 Å². The maximum Gasteiger partial charge on any atom is 0.256 e. The summed E-state index contributed by atoms with van der Waals surface area (Å²) < 4.78 is 0. The van der Waals surface area contributed by atoms with Gasteiger partial charge in [-0.25, -0.2) is 4.90 Å². The molecule has 2 heterocycles. The number of hydrogen-bond acceptors (Lipinski definition) is 4. The summed E-state index contributed by atoms with van der Waals surface area (Å²) in [6.07, 6.45) is 0.151. The zero-order valence-corrected chi connectivity index (χ0v) is 11.9. The number of H-pyrrole nitrogens is 1. The Labute approximate surface area is 122 Å². The second kappa shape index (κ2) is 5.05. The van der Waals surface area contributed by atoms with Crippen LogP contribution in [0.15, 0.2) is 30.3 Å². The molecule has 0 radical (unpaired) electrons. The number of para-hydroxylation sites is 1. The first-order chi connectivity index (χ1) is 10.1. The molecule has 108 valence electrons. The molecular formula is C15H16N4O2. The summed E-state index contributed by atoms with van der Waals surface area (Å²) in [7, 11) is 0. The van der Waals surface area contributed by atoms with Gasteiger partial charge in [-0.2, -0.15) is 5.10 Å². The van der Waals surface area contributed by atoms with E-state index in [9.17, 15) is 9.59 Å². The number of imide groups is 1. The molecule has 2 amide bonds. The lowest BCUT2D eigenvalue weighted by molar-refractivity contribution is -0.121. The zero-order chi connectivity index (χ0) is 15.0. The van der Waals surface area contributed by atoms with Crippen molar-refractivity contribution in [2.24, 2.45) is 0 Å². The number of nitrogens with zero attached hydrogens (tertiary/aromatic N) is 2. The van der Waals surface area contributed by atoms with Crippen LogP contribution in [0.3, 0.4) is 0 Å². The molecule has 0 spiro atoms. The maximum atomic E-state index is 12.5. The number of hydrogen-bond donors (Lipinski definition) is 2. The van der Waals surface area contributed by atoms with Crippen molar-refractivity contribution >= 4 is 23.2 Å². The number of aromatic amines is 1. The smallest absolute Gasteiger partial charge is 0.256 e. The van der Waals surface area contributed by atoms with E-state index in [1.807, 2.05) is 19.9 Å². The predicted octanol–water partition coefficient (Wildman–Crippen LogP) is 1.77. The minimum atomic E-state index is -0.548. The van der Waals surface area contributed by atoms with E-state index < -0.39 is 6.04 Å². The van der Waals surface area contributed by atoms with E-state index in [0.717, 1.165) is 17.1 Å². The molecule has 3 rings (SSSR count). The molecule has 21 heavy (non-hydrogen) atoms. The van der Waals surface area contributed by atoms with Gasteiger partial charge in [-0.15, -0.1) is 0 Å². The average Bonchev–Trinajstić information content (AvgIpc) is 2.94. The number of carbonyl (C=O) groups is 2. The standard InChI is InChI=1S/C15H16N4O2/c1-9-14(10(2)18-17-9)16-12-8-13(20)19(15(12)21)11-6-4-3-5-7-11/h3-7,12,16H,8H2,1-2H3,(H,17,18). The number of anilines is 2. The Kier molecular flexibility index (Phi) is 3.21. The molecule has 1 saturated heterocycles. The SMILES string of the molecule is Cc1n[nH]c(C)c1NC1CC(=O)N(c2ccccc2)C1=O. The highest BCUT2D eigenvalue weighted by Gasteiger charge is 2.39. The molecule has 1 unspecified atom stereocenters. The monoisotopic (exact) mass is 284 g/mol. The predicted molar refractivity (Wildman–Crippen MR) is 79.0 cm³/mol. The largest absolute Gasteiger partial charge is 0.370 e. The van der Waals surface area contributed by atoms with E-state index >= 15 is 0 Å². The van der Waals surface area contributed by atoms with Crippen LogP contribution in [0.1, 0.15) is 17.8 Å². The maximum absolute atomic E-state index is 12.5. The third-order valence-electron chi connectivity index (χ3n) is 3.61. The Bertz CT molecular complexity index is 673. The first-order valence-electron chi connectivity index (χ1n) is 6.78. The van der Waals surface area contributed by atoms with Gasteiger partial charge in [0.2, 0.25) is 5.91 Å². The summed E-state index contributed by atoms with van der Waals surface area (Å²) in [6.45, 7) is 3.72. The fourth-order valence-electron chi connectivity index (χ4n) is 2.53. The minimum absolute atomic E-state index is 0.151. The van der Waals surface area contributed by atoms with E-state index in [0.29, 0.717) is 5.69 Å². The van der Waals surface area contributed by atoms with Gasteiger partial charge in [0.05, 0.1) is 29.2 Å². The molecule has 6 nitrogen and oxygen atoms in total. The number of rotatable bonds is 3. The van der Waals surface area contributed by atoms with Crippen molar-refractivity contribution in [1.29, 1.82) is 0 Å². The molecular weight excluding hydrogens is 268 g/mol. The van der Waals surface area contributed by atoms with E-state index in [-0.39, 0.29) is 18.2 Å². The Balaban J connectivity index is 1.84. The molecule has 0 aliphatic carbocycles. The normalized spacial score (nSPS) is 18.4. The van der Waals surface area contributed by atoms with Crippen LogP contribution in [0.25, 0.3) is 0 Å². The van der Waals surface area contributed by atoms with Gasteiger partial charge in [0.15, 0.2) is 0 Å². The van der Waals surface area contributed by atoms with Gasteiger partial charge >= 0.3 is 0 Å². The summed E-state index contributed by atoms with van der Waals surface area (Å²) in [6, 6.07) is 8.43. The second-order valence-electron chi connectivity index (χ2n) is 5.11. The van der Waals surface area contributed by atoms with Crippen molar-refractivity contribution in [3.8, 4) is 0 Å². The summed E-state index contributed by atoms with van der Waals surface area (Å²) in [4.78, 5) is 25.9. The van der Waals surface area contributed by atoms with E-state index in [1.165, 1.54) is 4.90 Å². The van der Waals surface area contributed by atoms with Gasteiger partial charge in [-0.05, 0) is 26.0 Å². The van der Waals surface area contributed by atoms with Crippen LogP contribution in [-0.4, -0.2) is 28.1 Å². The van der Waals surface area contributed by atoms with E-state index in [4.69, 9.17) is 0 Å². The first kappa shape index (κ1) is 13.4. The summed E-state index contributed by atoms with van der Waals surface area (Å²) >= 11 is 0. The summed E-state index contributed by atoms with van der Waals surface area (Å²) in [5.74, 6) is -0.422. The summed E-state index contributed by atoms with van der Waals surface area (Å²) in [5.41, 5.74) is 3.03. The van der Waals surface area contributed by atoms with Gasteiger partial charge in [-0.3, -0.25) is 14.7 Å². The fourth-order valence-corrected chi connectivity index (χ4v) is 2.53. The third kappa shape index (κ3) is 2.29. The molecule has 0 saturated carbocycles. The van der Waals surface area contributed by atoms with Gasteiger partial charge in [0.25, 0.3) is 5.91 Å². The highest BCUT2D eigenvalue weighted by Crippen LogP contribution is 2.26. The number of aryl methyl sites for hydroxylation is 2. The van der Waals surface area contributed by atoms with Crippen molar-refractivity contribution < 1.29 is 9.59 Å². The lowest BCUT2D eigenvalue weighted by Gasteiger charge is -2.16. The van der Waals surface area contributed by atoms with Crippen molar-refractivity contribution in [3.05, 3.63) is 41.7 Å². The summed E-state index contributed by atoms with van der Waals surface area (Å²) in [5, 5.41) is 10.1. The third-order valence-corrected chi connectivity index (χ3v) is 3.61. The number of benzene rings is 1. The molecule has 2 aromatic rings. The van der Waals surface area contributed by atoms with Crippen LogP contribution < -0.4 is 10.2 Å². The van der Waals surface area contributed by atoms with Crippen molar-refractivity contribution in [2.45, 2.75) is 26.3 Å². The molecule has 6 heteroatoms. The molecule has 2 N–H and O–H groups in total. The Morgan fingerprint density at radius 3 is 2.57 bits per heavy atom. The van der Waals surface area contributed by atoms with Crippen LogP contribution >= 0.6 is 0 Å². The van der Waals surface area contributed by atoms with Crippen molar-refractivity contribution in [3.63, 3.8) is 0 Å². The highest BCUT2D eigenvalue weighted by molar-refractivity contribution is 6.23. The Morgan fingerprint density at radius 2 is 1.95 bits per heavy atom. The molecule has 1 fully saturated rings. The highest BCUT2D eigenvalue weighted by atomic mass is 16.2. The van der Waals surface area contributed by atoms with Crippen molar-refractivity contribution in [1.82, 2.24) is 10.2 Å². The topological polar surface area (TPSA) is 78.1 Å². The van der Waals surface area contributed by atoms with E-state index in [2.05, 4.69) is 15.5 Å². The molecule has 1 aromatic carbocycles. The Morgan fingerprint density at radius 1 is 1.24 bits per heavy atom. The lowest BCUT2D eigenvalue weighted by Crippen LogP contribution is -2.34. The van der Waals surface area contributed by atoms with Gasteiger partial charge in [0.1, 0.15) is 6.04 Å². The molecule has 1 atom stereocenters. The van der Waals surface area contributed by atoms with Crippen LogP contribution in [0, 0.1) is 13.8 Å². The Hall–Kier alpha value is -2.63. The fraction of sp³-hybridized carbons (Fsp3) is 0.267. The lowest BCUT2D eigenvalue weighted by atomic mass is 10.2. The number of amides is 2. The van der Waals surface area contributed by atoms with Gasteiger partial charge in [-0.1, -0.05) is 18.2 Å². The van der Waals surface area contributed by atoms with Gasteiger partial charge in [0, 0.05) is 0 Å². The molecule has 1 aliphatic heterocycles. The minimum Gasteiger partial charge on any atom is -0.370 e. The van der Waals surface area contributed by atoms with Crippen LogP contribution in [0.2, 0.25) is 0 Å². The number of nitrogens with one attached hydrogen (secondary N) is 2.